The lowest BCUT2D eigenvalue weighted by Crippen LogP contribution is -2.44. The van der Waals surface area contributed by atoms with Gasteiger partial charge in [0.15, 0.2) is 5.76 Å². The topological polar surface area (TPSA) is 83.7 Å². The summed E-state index contributed by atoms with van der Waals surface area (Å²) in [6.07, 6.45) is 0.628. The summed E-state index contributed by atoms with van der Waals surface area (Å²) in [5, 5.41) is 16.0. The molecule has 2 aromatic rings. The van der Waals surface area contributed by atoms with E-state index in [0.717, 1.165) is 17.9 Å². The van der Waals surface area contributed by atoms with Crippen LogP contribution >= 0.6 is 0 Å². The summed E-state index contributed by atoms with van der Waals surface area (Å²) in [5.41, 5.74) is -0.00962. The number of methoxy groups -OCH3 is 1. The molecule has 0 bridgehead atoms. The molecular formula is C17H20N2O4. The van der Waals surface area contributed by atoms with Crippen LogP contribution < -0.4 is 15.4 Å². The molecule has 1 aromatic heterocycles. The molecule has 0 spiro atoms. The molecule has 0 unspecified atom stereocenters. The van der Waals surface area contributed by atoms with Crippen LogP contribution in [0, 0.1) is 0 Å². The predicted molar refractivity (Wildman–Crippen MR) is 85.5 cm³/mol. The van der Waals surface area contributed by atoms with E-state index < -0.39 is 5.60 Å². The van der Waals surface area contributed by atoms with E-state index in [1.165, 1.54) is 0 Å². The highest BCUT2D eigenvalue weighted by Crippen LogP contribution is 2.24. The van der Waals surface area contributed by atoms with Crippen LogP contribution in [0.4, 0.5) is 0 Å². The normalized spacial score (nSPS) is 20.4. The highest BCUT2D eigenvalue weighted by molar-refractivity contribution is 5.92. The van der Waals surface area contributed by atoms with E-state index >= 15 is 0 Å². The Morgan fingerprint density at radius 3 is 2.78 bits per heavy atom. The summed E-state index contributed by atoms with van der Waals surface area (Å²) in [4.78, 5) is 12.1. The molecule has 1 aliphatic rings. The monoisotopic (exact) mass is 316 g/mol. The molecule has 2 heterocycles. The second kappa shape index (κ2) is 6.44. The van der Waals surface area contributed by atoms with E-state index in [0.29, 0.717) is 18.7 Å². The summed E-state index contributed by atoms with van der Waals surface area (Å²) >= 11 is 0. The maximum atomic E-state index is 12.1. The first-order chi connectivity index (χ1) is 11.1. The largest absolute Gasteiger partial charge is 0.497 e. The van der Waals surface area contributed by atoms with Crippen molar-refractivity contribution in [3.8, 4) is 17.1 Å². The van der Waals surface area contributed by atoms with E-state index in [2.05, 4.69) is 10.6 Å². The van der Waals surface area contributed by atoms with E-state index in [1.54, 1.807) is 19.2 Å². The smallest absolute Gasteiger partial charge is 0.287 e. The molecule has 1 aromatic carbocycles. The molecule has 23 heavy (non-hydrogen) atoms. The van der Waals surface area contributed by atoms with Crippen LogP contribution in [-0.4, -0.2) is 43.4 Å². The number of amides is 1. The maximum Gasteiger partial charge on any atom is 0.287 e. The minimum Gasteiger partial charge on any atom is -0.497 e. The molecule has 0 radical (unpaired) electrons. The molecule has 1 aliphatic heterocycles. The van der Waals surface area contributed by atoms with Gasteiger partial charge in [0.25, 0.3) is 5.91 Å². The number of hydrogen-bond acceptors (Lipinski definition) is 5. The van der Waals surface area contributed by atoms with E-state index in [4.69, 9.17) is 9.15 Å². The second-order valence-corrected chi connectivity index (χ2v) is 5.73. The van der Waals surface area contributed by atoms with Crippen LogP contribution in [0.3, 0.4) is 0 Å². The molecule has 6 heteroatoms. The van der Waals surface area contributed by atoms with Crippen molar-refractivity contribution < 1.29 is 19.1 Å². The van der Waals surface area contributed by atoms with E-state index in [-0.39, 0.29) is 18.2 Å². The third-order valence-electron chi connectivity index (χ3n) is 4.00. The van der Waals surface area contributed by atoms with Crippen molar-refractivity contribution in [2.75, 3.05) is 26.7 Å². The number of benzene rings is 1. The average molecular weight is 316 g/mol. The summed E-state index contributed by atoms with van der Waals surface area (Å²) in [6, 6.07) is 10.8. The van der Waals surface area contributed by atoms with Gasteiger partial charge in [-0.3, -0.25) is 4.79 Å². The van der Waals surface area contributed by atoms with Gasteiger partial charge in [-0.2, -0.15) is 0 Å². The molecule has 6 nitrogen and oxygen atoms in total. The van der Waals surface area contributed by atoms with Gasteiger partial charge < -0.3 is 24.9 Å². The summed E-state index contributed by atoms with van der Waals surface area (Å²) in [7, 11) is 1.61. The second-order valence-electron chi connectivity index (χ2n) is 5.73. The predicted octanol–water partition coefficient (Wildman–Crippen LogP) is 1.41. The Hall–Kier alpha value is -2.31. The van der Waals surface area contributed by atoms with Crippen molar-refractivity contribution in [3.63, 3.8) is 0 Å². The van der Waals surface area contributed by atoms with Gasteiger partial charge in [0, 0.05) is 18.7 Å². The first-order valence-electron chi connectivity index (χ1n) is 7.55. The Balaban J connectivity index is 1.64. The van der Waals surface area contributed by atoms with Gasteiger partial charge in [-0.25, -0.2) is 0 Å². The fourth-order valence-corrected chi connectivity index (χ4v) is 2.58. The zero-order valence-corrected chi connectivity index (χ0v) is 13.0. The fourth-order valence-electron chi connectivity index (χ4n) is 2.58. The van der Waals surface area contributed by atoms with Crippen LogP contribution in [0.5, 0.6) is 5.75 Å². The van der Waals surface area contributed by atoms with Gasteiger partial charge in [-0.15, -0.1) is 0 Å². The van der Waals surface area contributed by atoms with Crippen molar-refractivity contribution in [2.24, 2.45) is 0 Å². The minimum atomic E-state index is -0.874. The van der Waals surface area contributed by atoms with Gasteiger partial charge >= 0.3 is 0 Å². The third-order valence-corrected chi connectivity index (χ3v) is 4.00. The number of carbonyl (C=O) groups excluding carboxylic acids is 1. The van der Waals surface area contributed by atoms with Gasteiger partial charge in [-0.05, 0) is 49.4 Å². The number of β-amino-alcohol motifs (C(OH)–C–C–N with tert-alkyl or cyclic N) is 1. The number of aliphatic hydroxyl groups is 1. The molecule has 1 atom stereocenters. The molecule has 0 saturated carbocycles. The molecule has 0 aliphatic carbocycles. The van der Waals surface area contributed by atoms with Crippen LogP contribution in [-0.2, 0) is 0 Å². The standard InChI is InChI=1S/C17H20N2O4/c1-22-13-4-2-12(3-5-13)14-6-7-15(23-14)16(20)19-11-17(21)8-9-18-10-17/h2-7,18,21H,8-11H2,1H3,(H,19,20)/t17-/m0/s1. The van der Waals surface area contributed by atoms with Gasteiger partial charge in [0.2, 0.25) is 0 Å². The molecule has 1 fully saturated rings. The van der Waals surface area contributed by atoms with Crippen LogP contribution in [0.15, 0.2) is 40.8 Å². The Bertz CT molecular complexity index is 672. The van der Waals surface area contributed by atoms with Gasteiger partial charge in [0.05, 0.1) is 12.7 Å². The van der Waals surface area contributed by atoms with E-state index in [1.807, 2.05) is 24.3 Å². The molecule has 122 valence electrons. The molecule has 3 rings (SSSR count). The zero-order chi connectivity index (χ0) is 16.3. The molecule has 1 saturated heterocycles. The first kappa shape index (κ1) is 15.6. The van der Waals surface area contributed by atoms with Crippen molar-refractivity contribution in [1.29, 1.82) is 0 Å². The molecule has 3 N–H and O–H groups in total. The SMILES string of the molecule is COc1ccc(-c2ccc(C(=O)NC[C@]3(O)CCNC3)o2)cc1. The molecule has 1 amide bonds. The highest BCUT2D eigenvalue weighted by Gasteiger charge is 2.31. The van der Waals surface area contributed by atoms with Crippen molar-refractivity contribution in [1.82, 2.24) is 10.6 Å². The van der Waals surface area contributed by atoms with Crippen LogP contribution in [0.25, 0.3) is 11.3 Å². The highest BCUT2D eigenvalue weighted by atomic mass is 16.5. The number of furan rings is 1. The Morgan fingerprint density at radius 2 is 2.13 bits per heavy atom. The summed E-state index contributed by atoms with van der Waals surface area (Å²) in [6.45, 7) is 1.45. The Morgan fingerprint density at radius 1 is 1.35 bits per heavy atom. The first-order valence-corrected chi connectivity index (χ1v) is 7.55. The Labute approximate surface area is 134 Å². The minimum absolute atomic E-state index is 0.206. The van der Waals surface area contributed by atoms with Crippen molar-refractivity contribution in [3.05, 3.63) is 42.2 Å². The number of nitrogens with one attached hydrogen (secondary N) is 2. The van der Waals surface area contributed by atoms with Gasteiger partial charge in [-0.1, -0.05) is 0 Å². The lowest BCUT2D eigenvalue weighted by Gasteiger charge is -2.21. The number of hydrogen-bond donors (Lipinski definition) is 3. The van der Waals surface area contributed by atoms with Crippen molar-refractivity contribution in [2.45, 2.75) is 12.0 Å². The lowest BCUT2D eigenvalue weighted by molar-refractivity contribution is 0.0554. The summed E-state index contributed by atoms with van der Waals surface area (Å²) < 4.78 is 10.7. The maximum absolute atomic E-state index is 12.1. The average Bonchev–Trinajstić information content (AvgIpc) is 3.23. The van der Waals surface area contributed by atoms with Crippen LogP contribution in [0.2, 0.25) is 0 Å². The quantitative estimate of drug-likeness (QED) is 0.777. The number of carbonyl (C=O) groups is 1. The third kappa shape index (κ3) is 3.55. The lowest BCUT2D eigenvalue weighted by atomic mass is 10.0. The fraction of sp³-hybridized carbons (Fsp3) is 0.353. The van der Waals surface area contributed by atoms with Crippen molar-refractivity contribution >= 4 is 5.91 Å². The number of rotatable bonds is 5. The number of ether oxygens (including phenoxy) is 1. The zero-order valence-electron chi connectivity index (χ0n) is 13.0. The molecular weight excluding hydrogens is 296 g/mol. The van der Waals surface area contributed by atoms with Crippen LogP contribution in [0.1, 0.15) is 17.0 Å². The Kier molecular flexibility index (Phi) is 4.36. The van der Waals surface area contributed by atoms with E-state index in [9.17, 15) is 9.90 Å². The van der Waals surface area contributed by atoms with Gasteiger partial charge in [0.1, 0.15) is 11.5 Å². The summed E-state index contributed by atoms with van der Waals surface area (Å²) in [5.74, 6) is 1.27.